The zero-order valence-electron chi connectivity index (χ0n) is 6.03. The van der Waals surface area contributed by atoms with Gasteiger partial charge in [0.25, 0.3) is 0 Å². The second kappa shape index (κ2) is 5.58. The lowest BCUT2D eigenvalue weighted by Gasteiger charge is -2.03. The van der Waals surface area contributed by atoms with E-state index in [1.54, 1.807) is 0 Å². The van der Waals surface area contributed by atoms with Crippen LogP contribution in [0.5, 0.6) is 0 Å². The van der Waals surface area contributed by atoms with Crippen LogP contribution in [0.2, 0.25) is 0 Å². The summed E-state index contributed by atoms with van der Waals surface area (Å²) in [5.74, 6) is 0. The van der Waals surface area contributed by atoms with Crippen LogP contribution < -0.4 is 0 Å². The quantitative estimate of drug-likeness (QED) is 0.596. The van der Waals surface area contributed by atoms with Crippen LogP contribution in [0.3, 0.4) is 0 Å². The minimum Gasteiger partial charge on any atom is -0.197 e. The van der Waals surface area contributed by atoms with Crippen molar-refractivity contribution in [2.24, 2.45) is 0 Å². The Morgan fingerprint density at radius 1 is 1.09 bits per heavy atom. The molecule has 2 unspecified atom stereocenters. The molecule has 0 saturated carbocycles. The fraction of sp³-hybridized carbons (Fsp3) is 0.250. The topological polar surface area (TPSA) is 47.6 Å². The average molecular weight is 164 g/mol. The highest BCUT2D eigenvalue weighted by Crippen LogP contribution is 2.18. The van der Waals surface area contributed by atoms with Crippen LogP contribution in [0.25, 0.3) is 0 Å². The van der Waals surface area contributed by atoms with Gasteiger partial charge in [-0.1, -0.05) is 12.2 Å². The zero-order valence-corrected chi connectivity index (χ0v) is 6.84. The first-order valence-electron chi connectivity index (χ1n) is 2.98. The summed E-state index contributed by atoms with van der Waals surface area (Å²) in [4.78, 5) is 0. The average Bonchev–Trinajstić information content (AvgIpc) is 2.07. The SMILES string of the molecule is C=CC(C#N)SC(C#N)C=C. The highest BCUT2D eigenvalue weighted by molar-refractivity contribution is 8.01. The molecule has 0 radical (unpaired) electrons. The molecule has 0 saturated heterocycles. The van der Waals surface area contributed by atoms with Gasteiger partial charge in [-0.25, -0.2) is 0 Å². The van der Waals surface area contributed by atoms with Gasteiger partial charge in [0.2, 0.25) is 0 Å². The van der Waals surface area contributed by atoms with E-state index in [1.807, 2.05) is 12.1 Å². The number of nitriles is 2. The first-order chi connectivity index (χ1) is 5.28. The van der Waals surface area contributed by atoms with Gasteiger partial charge in [0.05, 0.1) is 12.1 Å². The minimum atomic E-state index is -0.322. The molecule has 0 spiro atoms. The molecule has 56 valence electrons. The molecule has 11 heavy (non-hydrogen) atoms. The monoisotopic (exact) mass is 164 g/mol. The standard InChI is InChI=1S/C8H8N2S/c1-3-7(5-9)11-8(4-2)6-10/h3-4,7-8H,1-2H2. The molecule has 0 aliphatic heterocycles. The highest BCUT2D eigenvalue weighted by Gasteiger charge is 2.09. The maximum Gasteiger partial charge on any atom is 0.111 e. The van der Waals surface area contributed by atoms with Crippen LogP contribution >= 0.6 is 11.8 Å². The number of hydrogen-bond acceptors (Lipinski definition) is 3. The third-order valence-corrected chi connectivity index (χ3v) is 2.16. The van der Waals surface area contributed by atoms with Gasteiger partial charge >= 0.3 is 0 Å². The molecular weight excluding hydrogens is 156 g/mol. The number of thioether (sulfide) groups is 1. The lowest BCUT2D eigenvalue weighted by molar-refractivity contribution is 1.33. The molecule has 0 fully saturated rings. The van der Waals surface area contributed by atoms with Crippen LogP contribution in [-0.4, -0.2) is 10.5 Å². The Morgan fingerprint density at radius 2 is 1.45 bits per heavy atom. The smallest absolute Gasteiger partial charge is 0.111 e. The van der Waals surface area contributed by atoms with Crippen molar-refractivity contribution in [2.45, 2.75) is 10.5 Å². The second-order valence-corrected chi connectivity index (χ2v) is 2.99. The molecule has 0 aromatic rings. The fourth-order valence-corrected chi connectivity index (χ4v) is 1.10. The molecule has 0 amide bonds. The lowest BCUT2D eigenvalue weighted by atomic mass is 10.4. The zero-order chi connectivity index (χ0) is 8.69. The molecular formula is C8H8N2S. The summed E-state index contributed by atoms with van der Waals surface area (Å²) in [5.41, 5.74) is 0. The minimum absolute atomic E-state index is 0.322. The van der Waals surface area contributed by atoms with Crippen LogP contribution in [0.15, 0.2) is 25.3 Å². The van der Waals surface area contributed by atoms with E-state index in [0.29, 0.717) is 0 Å². The first-order valence-corrected chi connectivity index (χ1v) is 3.92. The summed E-state index contributed by atoms with van der Waals surface area (Å²) >= 11 is 1.23. The summed E-state index contributed by atoms with van der Waals surface area (Å²) < 4.78 is 0. The van der Waals surface area contributed by atoms with Gasteiger partial charge in [-0.2, -0.15) is 10.5 Å². The first kappa shape index (κ1) is 9.81. The van der Waals surface area contributed by atoms with E-state index in [2.05, 4.69) is 13.2 Å². The predicted octanol–water partition coefficient (Wildman–Crippen LogP) is 1.88. The number of nitrogens with zero attached hydrogens (tertiary/aromatic N) is 2. The number of hydrogen-bond donors (Lipinski definition) is 0. The highest BCUT2D eigenvalue weighted by atomic mass is 32.2. The van der Waals surface area contributed by atoms with Crippen molar-refractivity contribution in [2.75, 3.05) is 0 Å². The van der Waals surface area contributed by atoms with Crippen LogP contribution in [-0.2, 0) is 0 Å². The van der Waals surface area contributed by atoms with E-state index in [9.17, 15) is 0 Å². The van der Waals surface area contributed by atoms with Crippen LogP contribution in [0, 0.1) is 22.7 Å². The summed E-state index contributed by atoms with van der Waals surface area (Å²) in [6.45, 7) is 6.93. The maximum atomic E-state index is 8.48. The van der Waals surface area contributed by atoms with Gasteiger partial charge < -0.3 is 0 Å². The van der Waals surface area contributed by atoms with Crippen molar-refractivity contribution in [3.63, 3.8) is 0 Å². The van der Waals surface area contributed by atoms with E-state index in [1.165, 1.54) is 23.9 Å². The molecule has 0 N–H and O–H groups in total. The van der Waals surface area contributed by atoms with E-state index >= 15 is 0 Å². The van der Waals surface area contributed by atoms with Crippen molar-refractivity contribution < 1.29 is 0 Å². The molecule has 2 nitrogen and oxygen atoms in total. The Balaban J connectivity index is 4.02. The fourth-order valence-electron chi connectivity index (χ4n) is 0.435. The number of rotatable bonds is 4. The molecule has 0 aromatic carbocycles. The van der Waals surface area contributed by atoms with Crippen LogP contribution in [0.4, 0.5) is 0 Å². The Bertz CT molecular complexity index is 197. The molecule has 0 bridgehead atoms. The van der Waals surface area contributed by atoms with Crippen molar-refractivity contribution in [1.82, 2.24) is 0 Å². The van der Waals surface area contributed by atoms with Crippen molar-refractivity contribution in [3.05, 3.63) is 25.3 Å². The van der Waals surface area contributed by atoms with Crippen molar-refractivity contribution in [3.8, 4) is 12.1 Å². The van der Waals surface area contributed by atoms with Crippen molar-refractivity contribution >= 4 is 11.8 Å². The normalized spacial score (nSPS) is 13.6. The molecule has 0 heterocycles. The van der Waals surface area contributed by atoms with Gasteiger partial charge in [0.15, 0.2) is 0 Å². The molecule has 3 heteroatoms. The molecule has 0 rings (SSSR count). The van der Waals surface area contributed by atoms with Gasteiger partial charge in [-0.3, -0.25) is 0 Å². The Morgan fingerprint density at radius 3 is 1.64 bits per heavy atom. The lowest BCUT2D eigenvalue weighted by Crippen LogP contribution is -2.01. The second-order valence-electron chi connectivity index (χ2n) is 1.71. The van der Waals surface area contributed by atoms with Gasteiger partial charge in [0, 0.05) is 0 Å². The van der Waals surface area contributed by atoms with Crippen LogP contribution in [0.1, 0.15) is 0 Å². The Labute approximate surface area is 70.8 Å². The Kier molecular flexibility index (Phi) is 4.98. The summed E-state index contributed by atoms with van der Waals surface area (Å²) in [5, 5.41) is 16.3. The van der Waals surface area contributed by atoms with Gasteiger partial charge in [-0.05, 0) is 0 Å². The third-order valence-electron chi connectivity index (χ3n) is 0.976. The van der Waals surface area contributed by atoms with E-state index < -0.39 is 0 Å². The molecule has 2 atom stereocenters. The van der Waals surface area contributed by atoms with Gasteiger partial charge in [-0.15, -0.1) is 24.9 Å². The van der Waals surface area contributed by atoms with Crippen molar-refractivity contribution in [1.29, 1.82) is 10.5 Å². The Hall–Kier alpha value is -1.19. The van der Waals surface area contributed by atoms with E-state index in [4.69, 9.17) is 10.5 Å². The van der Waals surface area contributed by atoms with E-state index in [0.717, 1.165) is 0 Å². The third kappa shape index (κ3) is 3.50. The molecule has 0 aliphatic rings. The molecule has 0 aromatic heterocycles. The van der Waals surface area contributed by atoms with Gasteiger partial charge in [0.1, 0.15) is 10.5 Å². The summed E-state index contributed by atoms with van der Waals surface area (Å²) in [6.07, 6.45) is 3.02. The largest absolute Gasteiger partial charge is 0.197 e. The summed E-state index contributed by atoms with van der Waals surface area (Å²) in [6, 6.07) is 3.99. The maximum absolute atomic E-state index is 8.48. The predicted molar refractivity (Wildman–Crippen MR) is 46.8 cm³/mol. The summed E-state index contributed by atoms with van der Waals surface area (Å²) in [7, 11) is 0. The van der Waals surface area contributed by atoms with E-state index in [-0.39, 0.29) is 10.5 Å². The molecule has 0 aliphatic carbocycles.